The van der Waals surface area contributed by atoms with Gasteiger partial charge >= 0.3 is 0 Å². The Morgan fingerprint density at radius 1 is 0.857 bits per heavy atom. The summed E-state index contributed by atoms with van der Waals surface area (Å²) in [7, 11) is 1.63. The Morgan fingerprint density at radius 2 is 1.43 bits per heavy atom. The second-order valence-corrected chi connectivity index (χ2v) is 8.76. The zero-order valence-electron chi connectivity index (χ0n) is 19.9. The Labute approximate surface area is 212 Å². The molecule has 0 saturated carbocycles. The van der Waals surface area contributed by atoms with Crippen molar-refractivity contribution in [3.05, 3.63) is 102 Å². The van der Waals surface area contributed by atoms with E-state index in [-0.39, 0.29) is 11.9 Å². The lowest BCUT2D eigenvalue weighted by atomic mass is 9.96. The number of nitrogens with one attached hydrogen (secondary N) is 1. The summed E-state index contributed by atoms with van der Waals surface area (Å²) < 4.78 is 10.5. The van der Waals surface area contributed by atoms with E-state index in [9.17, 15) is 4.79 Å². The first-order chi connectivity index (χ1) is 17.2. The van der Waals surface area contributed by atoms with Gasteiger partial charge in [-0.05, 0) is 47.6 Å². The Kier molecular flexibility index (Phi) is 8.84. The number of carbonyl (C=O) groups excluding carboxylic acids is 1. The number of amides is 1. The molecule has 7 heteroatoms. The summed E-state index contributed by atoms with van der Waals surface area (Å²) in [5, 5.41) is 3.35. The van der Waals surface area contributed by atoms with Crippen LogP contribution in [-0.4, -0.2) is 67.3 Å². The van der Waals surface area contributed by atoms with E-state index in [1.165, 1.54) is 11.1 Å². The fourth-order valence-electron chi connectivity index (χ4n) is 4.26. The molecule has 1 saturated heterocycles. The van der Waals surface area contributed by atoms with Gasteiger partial charge in [0, 0.05) is 38.9 Å². The second kappa shape index (κ2) is 12.4. The van der Waals surface area contributed by atoms with Crippen LogP contribution in [0.15, 0.2) is 84.9 Å². The van der Waals surface area contributed by atoms with Crippen LogP contribution in [0.2, 0.25) is 0 Å². The van der Waals surface area contributed by atoms with E-state index in [1.807, 2.05) is 12.1 Å². The Morgan fingerprint density at radius 3 is 1.97 bits per heavy atom. The molecule has 0 unspecified atom stereocenters. The van der Waals surface area contributed by atoms with E-state index in [4.69, 9.17) is 21.7 Å². The van der Waals surface area contributed by atoms with Crippen LogP contribution in [0.3, 0.4) is 0 Å². The highest BCUT2D eigenvalue weighted by molar-refractivity contribution is 7.80. The van der Waals surface area contributed by atoms with Crippen molar-refractivity contribution in [3.63, 3.8) is 0 Å². The number of piperazine rings is 1. The van der Waals surface area contributed by atoms with Gasteiger partial charge in [0.2, 0.25) is 0 Å². The van der Waals surface area contributed by atoms with Crippen molar-refractivity contribution in [1.29, 1.82) is 0 Å². The number of methoxy groups -OCH3 is 1. The van der Waals surface area contributed by atoms with Crippen molar-refractivity contribution in [3.8, 4) is 5.75 Å². The van der Waals surface area contributed by atoms with Gasteiger partial charge in [-0.1, -0.05) is 60.7 Å². The quantitative estimate of drug-likeness (QED) is 0.379. The lowest BCUT2D eigenvalue weighted by Crippen LogP contribution is -2.53. The van der Waals surface area contributed by atoms with Gasteiger partial charge in [-0.25, -0.2) is 0 Å². The number of benzene rings is 3. The highest BCUT2D eigenvalue weighted by atomic mass is 32.1. The summed E-state index contributed by atoms with van der Waals surface area (Å²) in [6.45, 7) is 4.17. The number of thiocarbonyl (C=S) groups is 1. The number of nitrogens with zero attached hydrogens (tertiary/aromatic N) is 2. The van der Waals surface area contributed by atoms with Gasteiger partial charge in [-0.2, -0.15) is 0 Å². The SMILES string of the molecule is COCCOc1ccc(C(=O)NC(=S)N2CCN(C(c3ccccc3)c3ccccc3)CC2)cc1. The highest BCUT2D eigenvalue weighted by Crippen LogP contribution is 2.29. The zero-order chi connectivity index (χ0) is 24.5. The third-order valence-electron chi connectivity index (χ3n) is 6.09. The van der Waals surface area contributed by atoms with Crippen LogP contribution in [0, 0.1) is 0 Å². The van der Waals surface area contributed by atoms with Crippen molar-refractivity contribution in [2.24, 2.45) is 0 Å². The summed E-state index contributed by atoms with van der Waals surface area (Å²) >= 11 is 5.57. The molecule has 182 valence electrons. The van der Waals surface area contributed by atoms with E-state index < -0.39 is 0 Å². The minimum atomic E-state index is -0.215. The Balaban J connectivity index is 1.34. The van der Waals surface area contributed by atoms with Gasteiger partial charge in [0.05, 0.1) is 12.6 Å². The molecule has 1 aliphatic rings. The average Bonchev–Trinajstić information content (AvgIpc) is 2.91. The van der Waals surface area contributed by atoms with Gasteiger partial charge in [0.1, 0.15) is 12.4 Å². The van der Waals surface area contributed by atoms with Crippen molar-refractivity contribution in [2.75, 3.05) is 46.5 Å². The molecule has 0 atom stereocenters. The van der Waals surface area contributed by atoms with Crippen LogP contribution < -0.4 is 10.1 Å². The molecule has 0 spiro atoms. The fourth-order valence-corrected chi connectivity index (χ4v) is 4.54. The molecular weight excluding hydrogens is 458 g/mol. The highest BCUT2D eigenvalue weighted by Gasteiger charge is 2.27. The summed E-state index contributed by atoms with van der Waals surface area (Å²) in [5.74, 6) is 0.482. The Hall–Kier alpha value is -3.26. The normalized spacial score (nSPS) is 14.1. The van der Waals surface area contributed by atoms with Crippen LogP contribution >= 0.6 is 12.2 Å². The molecule has 0 radical (unpaired) electrons. The van der Waals surface area contributed by atoms with Gasteiger partial charge in [-0.3, -0.25) is 15.0 Å². The van der Waals surface area contributed by atoms with E-state index in [0.717, 1.165) is 26.2 Å². The number of ether oxygens (including phenoxy) is 2. The molecule has 6 nitrogen and oxygen atoms in total. The fraction of sp³-hybridized carbons (Fsp3) is 0.286. The third-order valence-corrected chi connectivity index (χ3v) is 6.45. The first-order valence-electron chi connectivity index (χ1n) is 11.8. The average molecular weight is 490 g/mol. The molecular formula is C28H31N3O3S. The zero-order valence-corrected chi connectivity index (χ0v) is 20.7. The minimum Gasteiger partial charge on any atom is -0.491 e. The molecule has 1 N–H and O–H groups in total. The van der Waals surface area contributed by atoms with E-state index >= 15 is 0 Å². The number of hydrogen-bond donors (Lipinski definition) is 1. The maximum Gasteiger partial charge on any atom is 0.257 e. The molecule has 1 aliphatic heterocycles. The first-order valence-corrected chi connectivity index (χ1v) is 12.2. The van der Waals surface area contributed by atoms with Crippen LogP contribution in [0.25, 0.3) is 0 Å². The molecule has 3 aromatic rings. The number of carbonyl (C=O) groups is 1. The van der Waals surface area contributed by atoms with Crippen LogP contribution in [0.1, 0.15) is 27.5 Å². The molecule has 1 amide bonds. The molecule has 3 aromatic carbocycles. The first kappa shape index (κ1) is 24.9. The van der Waals surface area contributed by atoms with Gasteiger partial charge in [-0.15, -0.1) is 0 Å². The van der Waals surface area contributed by atoms with Crippen molar-refractivity contribution < 1.29 is 14.3 Å². The second-order valence-electron chi connectivity index (χ2n) is 8.37. The summed E-state index contributed by atoms with van der Waals surface area (Å²) in [6, 6.07) is 28.4. The molecule has 35 heavy (non-hydrogen) atoms. The molecule has 1 heterocycles. The number of rotatable bonds is 8. The predicted molar refractivity (Wildman–Crippen MR) is 142 cm³/mol. The largest absolute Gasteiger partial charge is 0.491 e. The van der Waals surface area contributed by atoms with Gasteiger partial charge in [0.25, 0.3) is 5.91 Å². The van der Waals surface area contributed by atoms with Crippen LogP contribution in [0.4, 0.5) is 0 Å². The maximum absolute atomic E-state index is 12.7. The monoisotopic (exact) mass is 489 g/mol. The van der Waals surface area contributed by atoms with E-state index in [0.29, 0.717) is 29.6 Å². The standard InChI is InChI=1S/C28H31N3O3S/c1-33-20-21-34-25-14-12-24(13-15-25)27(32)29-28(35)31-18-16-30(17-19-31)26(22-8-4-2-5-9-22)23-10-6-3-7-11-23/h2-15,26H,16-21H2,1H3,(H,29,32,35). The predicted octanol–water partition coefficient (Wildman–Crippen LogP) is 4.13. The third kappa shape index (κ3) is 6.66. The lowest BCUT2D eigenvalue weighted by molar-refractivity contribution is 0.0967. The molecule has 0 aromatic heterocycles. The summed E-state index contributed by atoms with van der Waals surface area (Å²) in [5.41, 5.74) is 3.09. The van der Waals surface area contributed by atoms with Crippen molar-refractivity contribution in [1.82, 2.24) is 15.1 Å². The molecule has 4 rings (SSSR count). The summed E-state index contributed by atoms with van der Waals surface area (Å²) in [4.78, 5) is 17.3. The molecule has 0 bridgehead atoms. The number of hydrogen-bond acceptors (Lipinski definition) is 5. The van der Waals surface area contributed by atoms with Gasteiger partial charge in [0.15, 0.2) is 5.11 Å². The van der Waals surface area contributed by atoms with Gasteiger partial charge < -0.3 is 14.4 Å². The van der Waals surface area contributed by atoms with E-state index in [1.54, 1.807) is 31.4 Å². The van der Waals surface area contributed by atoms with Crippen LogP contribution in [0.5, 0.6) is 5.75 Å². The maximum atomic E-state index is 12.7. The molecule has 1 fully saturated rings. The summed E-state index contributed by atoms with van der Waals surface area (Å²) in [6.07, 6.45) is 0. The van der Waals surface area contributed by atoms with Crippen molar-refractivity contribution in [2.45, 2.75) is 6.04 Å². The van der Waals surface area contributed by atoms with E-state index in [2.05, 4.69) is 63.6 Å². The lowest BCUT2D eigenvalue weighted by Gasteiger charge is -2.40. The smallest absolute Gasteiger partial charge is 0.257 e. The topological polar surface area (TPSA) is 54.0 Å². The molecule has 0 aliphatic carbocycles. The minimum absolute atomic E-state index is 0.187. The van der Waals surface area contributed by atoms with Crippen molar-refractivity contribution >= 4 is 23.2 Å². The Bertz CT molecular complexity index is 1050. The van der Waals surface area contributed by atoms with Crippen LogP contribution in [-0.2, 0) is 4.74 Å².